The second kappa shape index (κ2) is 10.8. The number of methoxy groups -OCH3 is 1. The van der Waals surface area contributed by atoms with E-state index in [4.69, 9.17) is 10.5 Å². The van der Waals surface area contributed by atoms with Crippen LogP contribution in [0.15, 0.2) is 24.3 Å². The molecule has 3 N–H and O–H groups in total. The van der Waals surface area contributed by atoms with E-state index in [1.54, 1.807) is 7.11 Å². The number of hydrogen-bond donors (Lipinski definition) is 2. The zero-order valence-electron chi connectivity index (χ0n) is 17.4. The normalized spacial score (nSPS) is 22.2. The van der Waals surface area contributed by atoms with Crippen LogP contribution >= 0.6 is 0 Å². The highest BCUT2D eigenvalue weighted by atomic mass is 16.5. The monoisotopic (exact) mass is 387 g/mol. The summed E-state index contributed by atoms with van der Waals surface area (Å²) in [6, 6.07) is 8.69. The molecule has 1 saturated carbocycles. The molecule has 156 valence electrons. The summed E-state index contributed by atoms with van der Waals surface area (Å²) in [5.74, 6) is 1.38. The molecule has 0 spiro atoms. The standard InChI is InChI=1S/C23H37N3O2/c1-28-21-11-9-18(10-12-21)13-15-26-14-5-8-20(26)17-25-22(23(24)27)16-19-6-3-2-4-7-19/h9-12,19-20,22,25H,2-8,13-17H2,1H3,(H2,24,27). The highest BCUT2D eigenvalue weighted by Crippen LogP contribution is 2.27. The summed E-state index contributed by atoms with van der Waals surface area (Å²) in [7, 11) is 1.70. The van der Waals surface area contributed by atoms with E-state index in [0.717, 1.165) is 38.2 Å². The van der Waals surface area contributed by atoms with Gasteiger partial charge in [-0.2, -0.15) is 0 Å². The third-order valence-electron chi connectivity index (χ3n) is 6.58. The molecule has 1 aliphatic heterocycles. The van der Waals surface area contributed by atoms with Gasteiger partial charge in [0, 0.05) is 19.1 Å². The first-order chi connectivity index (χ1) is 13.7. The van der Waals surface area contributed by atoms with Crippen molar-refractivity contribution in [1.82, 2.24) is 10.2 Å². The van der Waals surface area contributed by atoms with Gasteiger partial charge in [0.2, 0.25) is 5.91 Å². The zero-order chi connectivity index (χ0) is 19.8. The molecule has 1 aromatic carbocycles. The molecule has 5 heteroatoms. The third-order valence-corrected chi connectivity index (χ3v) is 6.58. The molecule has 2 unspecified atom stereocenters. The Balaban J connectivity index is 1.45. The zero-order valence-corrected chi connectivity index (χ0v) is 17.4. The van der Waals surface area contributed by atoms with Crippen molar-refractivity contribution in [3.63, 3.8) is 0 Å². The van der Waals surface area contributed by atoms with Gasteiger partial charge >= 0.3 is 0 Å². The van der Waals surface area contributed by atoms with Crippen LogP contribution in [0.4, 0.5) is 0 Å². The molecule has 2 atom stereocenters. The SMILES string of the molecule is COc1ccc(CCN2CCCC2CNC(CC2CCCCC2)C(N)=O)cc1. The van der Waals surface area contributed by atoms with E-state index in [1.165, 1.54) is 50.5 Å². The van der Waals surface area contributed by atoms with Crippen LogP contribution < -0.4 is 15.8 Å². The first kappa shape index (κ1) is 21.1. The molecule has 2 fully saturated rings. The Bertz CT molecular complexity index is 598. The van der Waals surface area contributed by atoms with Crippen molar-refractivity contribution in [2.45, 2.75) is 69.9 Å². The molecule has 0 aromatic heterocycles. The predicted molar refractivity (Wildman–Crippen MR) is 113 cm³/mol. The molecule has 2 aliphatic rings. The number of nitrogens with one attached hydrogen (secondary N) is 1. The van der Waals surface area contributed by atoms with Gasteiger partial charge in [0.15, 0.2) is 0 Å². The summed E-state index contributed by atoms with van der Waals surface area (Å²) in [4.78, 5) is 14.5. The third kappa shape index (κ3) is 6.21. The number of hydrogen-bond acceptors (Lipinski definition) is 4. The fraction of sp³-hybridized carbons (Fsp3) is 0.696. The number of nitrogens with zero attached hydrogens (tertiary/aromatic N) is 1. The number of primary amides is 1. The molecule has 5 nitrogen and oxygen atoms in total. The smallest absolute Gasteiger partial charge is 0.234 e. The van der Waals surface area contributed by atoms with E-state index in [-0.39, 0.29) is 11.9 Å². The largest absolute Gasteiger partial charge is 0.497 e. The predicted octanol–water partition coefficient (Wildman–Crippen LogP) is 3.12. The summed E-state index contributed by atoms with van der Waals surface area (Å²) >= 11 is 0. The Morgan fingerprint density at radius 1 is 1.18 bits per heavy atom. The highest BCUT2D eigenvalue weighted by Gasteiger charge is 2.27. The first-order valence-electron chi connectivity index (χ1n) is 11.1. The minimum Gasteiger partial charge on any atom is -0.497 e. The second-order valence-electron chi connectivity index (χ2n) is 8.53. The maximum absolute atomic E-state index is 12.0. The molecule has 1 aliphatic carbocycles. The number of carbonyl (C=O) groups is 1. The number of likely N-dealkylation sites (tertiary alicyclic amines) is 1. The van der Waals surface area contributed by atoms with E-state index in [2.05, 4.69) is 22.3 Å². The molecule has 1 aromatic rings. The van der Waals surface area contributed by atoms with Crippen LogP contribution in [-0.4, -0.2) is 49.6 Å². The lowest BCUT2D eigenvalue weighted by atomic mass is 9.84. The molecular formula is C23H37N3O2. The number of amides is 1. The van der Waals surface area contributed by atoms with Gasteiger partial charge < -0.3 is 15.8 Å². The summed E-state index contributed by atoms with van der Waals surface area (Å²) in [6.45, 7) is 3.07. The number of carbonyl (C=O) groups excluding carboxylic acids is 1. The van der Waals surface area contributed by atoms with Gasteiger partial charge in [0.25, 0.3) is 0 Å². The molecule has 0 radical (unpaired) electrons. The molecule has 1 amide bonds. The van der Waals surface area contributed by atoms with Gasteiger partial charge in [-0.05, 0) is 55.8 Å². The summed E-state index contributed by atoms with van der Waals surface area (Å²) in [6.07, 6.45) is 10.8. The van der Waals surface area contributed by atoms with Crippen LogP contribution in [0.3, 0.4) is 0 Å². The molecular weight excluding hydrogens is 350 g/mol. The molecule has 1 heterocycles. The fourth-order valence-electron chi connectivity index (χ4n) is 4.82. The lowest BCUT2D eigenvalue weighted by molar-refractivity contribution is -0.120. The maximum atomic E-state index is 12.0. The Morgan fingerprint density at radius 2 is 1.93 bits per heavy atom. The minimum absolute atomic E-state index is 0.174. The molecule has 0 bridgehead atoms. The summed E-state index contributed by atoms with van der Waals surface area (Å²) in [5.41, 5.74) is 7.05. The van der Waals surface area contributed by atoms with Gasteiger partial charge in [-0.1, -0.05) is 44.2 Å². The summed E-state index contributed by atoms with van der Waals surface area (Å²) < 4.78 is 5.24. The Kier molecular flexibility index (Phi) is 8.16. The van der Waals surface area contributed by atoms with E-state index in [9.17, 15) is 4.79 Å². The topological polar surface area (TPSA) is 67.6 Å². The van der Waals surface area contributed by atoms with Crippen LogP contribution in [0.1, 0.15) is 56.9 Å². The average molecular weight is 388 g/mol. The molecule has 3 rings (SSSR count). The Labute approximate surface area is 170 Å². The highest BCUT2D eigenvalue weighted by molar-refractivity contribution is 5.79. The summed E-state index contributed by atoms with van der Waals surface area (Å²) in [5, 5.41) is 3.52. The Hall–Kier alpha value is -1.59. The van der Waals surface area contributed by atoms with Crippen LogP contribution in [0.2, 0.25) is 0 Å². The van der Waals surface area contributed by atoms with Crippen molar-refractivity contribution in [2.24, 2.45) is 11.7 Å². The Morgan fingerprint density at radius 3 is 2.61 bits per heavy atom. The van der Waals surface area contributed by atoms with E-state index in [1.807, 2.05) is 12.1 Å². The van der Waals surface area contributed by atoms with Crippen molar-refractivity contribution >= 4 is 5.91 Å². The first-order valence-corrected chi connectivity index (χ1v) is 11.1. The van der Waals surface area contributed by atoms with Crippen LogP contribution in [-0.2, 0) is 11.2 Å². The van der Waals surface area contributed by atoms with Gasteiger partial charge in [-0.25, -0.2) is 0 Å². The number of nitrogens with two attached hydrogens (primary N) is 1. The molecule has 1 saturated heterocycles. The lowest BCUT2D eigenvalue weighted by Crippen LogP contribution is -2.48. The second-order valence-corrected chi connectivity index (χ2v) is 8.53. The van der Waals surface area contributed by atoms with E-state index >= 15 is 0 Å². The van der Waals surface area contributed by atoms with Crippen molar-refractivity contribution in [2.75, 3.05) is 26.7 Å². The van der Waals surface area contributed by atoms with Gasteiger partial charge in [-0.15, -0.1) is 0 Å². The lowest BCUT2D eigenvalue weighted by Gasteiger charge is -2.29. The van der Waals surface area contributed by atoms with Crippen LogP contribution in [0, 0.1) is 5.92 Å². The maximum Gasteiger partial charge on any atom is 0.234 e. The number of rotatable bonds is 10. The average Bonchev–Trinajstić information content (AvgIpc) is 3.18. The van der Waals surface area contributed by atoms with Gasteiger partial charge in [-0.3, -0.25) is 9.69 Å². The molecule has 28 heavy (non-hydrogen) atoms. The van der Waals surface area contributed by atoms with Crippen molar-refractivity contribution in [3.05, 3.63) is 29.8 Å². The van der Waals surface area contributed by atoms with E-state index in [0.29, 0.717) is 12.0 Å². The number of benzene rings is 1. The van der Waals surface area contributed by atoms with Crippen LogP contribution in [0.25, 0.3) is 0 Å². The van der Waals surface area contributed by atoms with E-state index < -0.39 is 0 Å². The fourth-order valence-corrected chi connectivity index (χ4v) is 4.82. The quantitative estimate of drug-likeness (QED) is 0.647. The number of ether oxygens (including phenoxy) is 1. The van der Waals surface area contributed by atoms with Crippen LogP contribution in [0.5, 0.6) is 5.75 Å². The van der Waals surface area contributed by atoms with Gasteiger partial charge in [0.1, 0.15) is 5.75 Å². The van der Waals surface area contributed by atoms with Gasteiger partial charge in [0.05, 0.1) is 13.2 Å². The van der Waals surface area contributed by atoms with Crippen molar-refractivity contribution in [3.8, 4) is 5.75 Å². The van der Waals surface area contributed by atoms with Crippen molar-refractivity contribution in [1.29, 1.82) is 0 Å². The van der Waals surface area contributed by atoms with Crippen molar-refractivity contribution < 1.29 is 9.53 Å². The minimum atomic E-state index is -0.187.